The van der Waals surface area contributed by atoms with E-state index < -0.39 is 0 Å². The largest absolute Gasteiger partial charge is 0.326 e. The van der Waals surface area contributed by atoms with Gasteiger partial charge in [-0.25, -0.2) is 0 Å². The highest BCUT2D eigenvalue weighted by molar-refractivity contribution is 5.26. The summed E-state index contributed by atoms with van der Waals surface area (Å²) in [7, 11) is 0. The third-order valence-corrected chi connectivity index (χ3v) is 2.46. The Morgan fingerprint density at radius 1 is 1.53 bits per heavy atom. The summed E-state index contributed by atoms with van der Waals surface area (Å²) in [6.07, 6.45) is 0. The van der Waals surface area contributed by atoms with Crippen LogP contribution in [-0.2, 0) is 13.1 Å². The predicted molar refractivity (Wildman–Crippen MR) is 62.9 cm³/mol. The number of rotatable bonds is 3. The molecular weight excluding hydrogens is 188 g/mol. The lowest BCUT2D eigenvalue weighted by atomic mass is 10.1. The van der Waals surface area contributed by atoms with Crippen LogP contribution in [0.25, 0.3) is 0 Å². The monoisotopic (exact) mass is 206 g/mol. The predicted octanol–water partition coefficient (Wildman–Crippen LogP) is 1.50. The quantitative estimate of drug-likeness (QED) is 0.762. The number of hydrogen-bond donors (Lipinski definition) is 1. The summed E-state index contributed by atoms with van der Waals surface area (Å²) in [6.45, 7) is 10.4. The Kier molecular flexibility index (Phi) is 3.48. The summed E-state index contributed by atoms with van der Waals surface area (Å²) in [6, 6.07) is 1.99. The van der Waals surface area contributed by atoms with Gasteiger partial charge in [0.15, 0.2) is 0 Å². The van der Waals surface area contributed by atoms with Gasteiger partial charge in [-0.1, -0.05) is 12.2 Å². The summed E-state index contributed by atoms with van der Waals surface area (Å²) >= 11 is 0. The minimum Gasteiger partial charge on any atom is -0.326 e. The van der Waals surface area contributed by atoms with E-state index in [-0.39, 0.29) is 5.56 Å². The number of aromatic nitrogens is 1. The zero-order chi connectivity index (χ0) is 11.6. The standard InChI is InChI=1S/C12H18N2O/c1-8(2)7-14-10(4)5-9(3)11(6-13)12(14)15/h5H,1,6-7,13H2,2-4H3. The Hall–Kier alpha value is -1.35. The third kappa shape index (κ3) is 2.36. The van der Waals surface area contributed by atoms with Crippen LogP contribution in [0.15, 0.2) is 23.0 Å². The highest BCUT2D eigenvalue weighted by Gasteiger charge is 2.08. The van der Waals surface area contributed by atoms with Crippen molar-refractivity contribution in [3.05, 3.63) is 45.4 Å². The number of nitrogens with two attached hydrogens (primary N) is 1. The van der Waals surface area contributed by atoms with Gasteiger partial charge in [0, 0.05) is 24.3 Å². The van der Waals surface area contributed by atoms with Gasteiger partial charge in [-0.05, 0) is 32.4 Å². The SMILES string of the molecule is C=C(C)Cn1c(C)cc(C)c(CN)c1=O. The molecule has 3 heteroatoms. The van der Waals surface area contributed by atoms with E-state index in [9.17, 15) is 4.79 Å². The zero-order valence-electron chi connectivity index (χ0n) is 9.63. The van der Waals surface area contributed by atoms with Crippen LogP contribution < -0.4 is 11.3 Å². The van der Waals surface area contributed by atoms with Crippen molar-refractivity contribution in [1.82, 2.24) is 4.57 Å². The molecule has 0 atom stereocenters. The van der Waals surface area contributed by atoms with Crippen LogP contribution in [-0.4, -0.2) is 4.57 Å². The molecule has 1 aromatic rings. The molecule has 0 aliphatic rings. The highest BCUT2D eigenvalue weighted by Crippen LogP contribution is 2.07. The molecule has 0 unspecified atom stereocenters. The Balaban J connectivity index is 3.39. The first-order chi connectivity index (χ1) is 6.97. The van der Waals surface area contributed by atoms with Crippen molar-refractivity contribution in [1.29, 1.82) is 0 Å². The number of allylic oxidation sites excluding steroid dienone is 1. The molecule has 0 aliphatic carbocycles. The fourth-order valence-corrected chi connectivity index (χ4v) is 1.68. The van der Waals surface area contributed by atoms with E-state index in [1.807, 2.05) is 26.8 Å². The Morgan fingerprint density at radius 3 is 2.60 bits per heavy atom. The van der Waals surface area contributed by atoms with Crippen LogP contribution in [0.5, 0.6) is 0 Å². The summed E-state index contributed by atoms with van der Waals surface area (Å²) in [5.41, 5.74) is 9.17. The van der Waals surface area contributed by atoms with E-state index in [1.165, 1.54) is 0 Å². The van der Waals surface area contributed by atoms with E-state index in [0.717, 1.165) is 16.8 Å². The van der Waals surface area contributed by atoms with Crippen molar-refractivity contribution >= 4 is 0 Å². The molecule has 0 fully saturated rings. The lowest BCUT2D eigenvalue weighted by Crippen LogP contribution is -2.28. The van der Waals surface area contributed by atoms with E-state index in [1.54, 1.807) is 4.57 Å². The van der Waals surface area contributed by atoms with Crippen molar-refractivity contribution in [3.63, 3.8) is 0 Å². The van der Waals surface area contributed by atoms with Crippen LogP contribution >= 0.6 is 0 Å². The van der Waals surface area contributed by atoms with E-state index in [2.05, 4.69) is 6.58 Å². The molecule has 0 saturated carbocycles. The number of hydrogen-bond acceptors (Lipinski definition) is 2. The number of pyridine rings is 1. The fraction of sp³-hybridized carbons (Fsp3) is 0.417. The molecule has 0 radical (unpaired) electrons. The molecule has 0 saturated heterocycles. The normalized spacial score (nSPS) is 10.4. The summed E-state index contributed by atoms with van der Waals surface area (Å²) in [4.78, 5) is 12.0. The second-order valence-corrected chi connectivity index (χ2v) is 4.00. The zero-order valence-corrected chi connectivity index (χ0v) is 9.63. The first-order valence-electron chi connectivity index (χ1n) is 5.01. The minimum absolute atomic E-state index is 0.0120. The minimum atomic E-state index is 0.0120. The Morgan fingerprint density at radius 2 is 2.13 bits per heavy atom. The summed E-state index contributed by atoms with van der Waals surface area (Å²) in [5.74, 6) is 0. The second-order valence-electron chi connectivity index (χ2n) is 4.00. The van der Waals surface area contributed by atoms with Gasteiger partial charge in [-0.15, -0.1) is 0 Å². The average molecular weight is 206 g/mol. The van der Waals surface area contributed by atoms with Gasteiger partial charge in [0.05, 0.1) is 0 Å². The number of nitrogens with zero attached hydrogens (tertiary/aromatic N) is 1. The van der Waals surface area contributed by atoms with Crippen LogP contribution in [0.3, 0.4) is 0 Å². The van der Waals surface area contributed by atoms with Gasteiger partial charge in [0.2, 0.25) is 0 Å². The molecular formula is C12H18N2O. The van der Waals surface area contributed by atoms with E-state index in [0.29, 0.717) is 18.7 Å². The topological polar surface area (TPSA) is 48.0 Å². The maximum Gasteiger partial charge on any atom is 0.255 e. The van der Waals surface area contributed by atoms with Gasteiger partial charge in [-0.3, -0.25) is 4.79 Å². The molecule has 3 nitrogen and oxygen atoms in total. The molecule has 0 aromatic carbocycles. The van der Waals surface area contributed by atoms with Gasteiger partial charge < -0.3 is 10.3 Å². The van der Waals surface area contributed by atoms with Crippen LogP contribution in [0.1, 0.15) is 23.7 Å². The molecule has 1 heterocycles. The van der Waals surface area contributed by atoms with E-state index >= 15 is 0 Å². The molecule has 0 amide bonds. The van der Waals surface area contributed by atoms with Crippen molar-refractivity contribution in [2.45, 2.75) is 33.9 Å². The Labute approximate surface area is 90.2 Å². The molecule has 82 valence electrons. The van der Waals surface area contributed by atoms with Crippen LogP contribution in [0, 0.1) is 13.8 Å². The van der Waals surface area contributed by atoms with E-state index in [4.69, 9.17) is 5.73 Å². The molecule has 15 heavy (non-hydrogen) atoms. The highest BCUT2D eigenvalue weighted by atomic mass is 16.1. The maximum absolute atomic E-state index is 12.0. The second kappa shape index (κ2) is 4.45. The number of aryl methyl sites for hydroxylation is 2. The lowest BCUT2D eigenvalue weighted by Gasteiger charge is -2.13. The van der Waals surface area contributed by atoms with Crippen molar-refractivity contribution < 1.29 is 0 Å². The van der Waals surface area contributed by atoms with Crippen LogP contribution in [0.4, 0.5) is 0 Å². The molecule has 1 rings (SSSR count). The van der Waals surface area contributed by atoms with Crippen molar-refractivity contribution in [2.24, 2.45) is 5.73 Å². The van der Waals surface area contributed by atoms with Gasteiger partial charge in [-0.2, -0.15) is 0 Å². The molecule has 2 N–H and O–H groups in total. The third-order valence-electron chi connectivity index (χ3n) is 2.46. The first-order valence-corrected chi connectivity index (χ1v) is 5.01. The van der Waals surface area contributed by atoms with Gasteiger partial charge in [0.1, 0.15) is 0 Å². The van der Waals surface area contributed by atoms with Crippen LogP contribution in [0.2, 0.25) is 0 Å². The first kappa shape index (κ1) is 11.7. The van der Waals surface area contributed by atoms with Crippen molar-refractivity contribution in [3.8, 4) is 0 Å². The van der Waals surface area contributed by atoms with Gasteiger partial charge in [0.25, 0.3) is 5.56 Å². The Bertz CT molecular complexity index is 444. The summed E-state index contributed by atoms with van der Waals surface area (Å²) in [5, 5.41) is 0. The maximum atomic E-state index is 12.0. The molecule has 0 bridgehead atoms. The summed E-state index contributed by atoms with van der Waals surface area (Å²) < 4.78 is 1.72. The lowest BCUT2D eigenvalue weighted by molar-refractivity contribution is 0.704. The molecule has 0 spiro atoms. The van der Waals surface area contributed by atoms with Gasteiger partial charge >= 0.3 is 0 Å². The smallest absolute Gasteiger partial charge is 0.255 e. The molecule has 1 aromatic heterocycles. The molecule has 0 aliphatic heterocycles. The average Bonchev–Trinajstić information content (AvgIpc) is 2.12. The fourth-order valence-electron chi connectivity index (χ4n) is 1.68. The van der Waals surface area contributed by atoms with Crippen molar-refractivity contribution in [2.75, 3.05) is 0 Å².